The Kier molecular flexibility index (Phi) is 5.37. The highest BCUT2D eigenvalue weighted by Crippen LogP contribution is 2.40. The highest BCUT2D eigenvalue weighted by molar-refractivity contribution is 7.17. The molecule has 1 unspecified atom stereocenters. The third-order valence-electron chi connectivity index (χ3n) is 4.37. The summed E-state index contributed by atoms with van der Waals surface area (Å²) in [5, 5.41) is 6.86. The van der Waals surface area contributed by atoms with E-state index in [4.69, 9.17) is 23.2 Å². The van der Waals surface area contributed by atoms with Gasteiger partial charge in [0.2, 0.25) is 0 Å². The van der Waals surface area contributed by atoms with Gasteiger partial charge in [-0.2, -0.15) is 0 Å². The minimum absolute atomic E-state index is 0.176. The van der Waals surface area contributed by atoms with Crippen LogP contribution in [0.15, 0.2) is 18.2 Å². The fraction of sp³-hybridized carbons (Fsp3) is 0.333. The van der Waals surface area contributed by atoms with Gasteiger partial charge in [0, 0.05) is 16.9 Å². The topological polar surface area (TPSA) is 58.2 Å². The molecule has 0 radical (unpaired) electrons. The number of hydrogen-bond donors (Lipinski definition) is 2. The second kappa shape index (κ2) is 7.36. The summed E-state index contributed by atoms with van der Waals surface area (Å²) in [6.45, 7) is 2.20. The lowest BCUT2D eigenvalue weighted by Gasteiger charge is -2.18. The molecule has 0 fully saturated rings. The molecule has 132 valence electrons. The molecule has 0 bridgehead atoms. The van der Waals surface area contributed by atoms with Gasteiger partial charge in [-0.05, 0) is 48.9 Å². The molecule has 0 saturated heterocycles. The molecule has 2 amide bonds. The third-order valence-corrected chi connectivity index (χ3v) is 6.09. The minimum atomic E-state index is -0.349. The molecular weight excluding hydrogens is 379 g/mol. The molecule has 0 saturated carbocycles. The number of anilines is 1. The normalized spacial score (nSPS) is 16.2. The molecule has 1 heterocycles. The van der Waals surface area contributed by atoms with Crippen LogP contribution in [0.4, 0.5) is 5.00 Å². The lowest BCUT2D eigenvalue weighted by atomic mass is 9.88. The van der Waals surface area contributed by atoms with Gasteiger partial charge in [-0.3, -0.25) is 9.59 Å². The van der Waals surface area contributed by atoms with Gasteiger partial charge in [-0.1, -0.05) is 30.1 Å². The number of benzene rings is 1. The van der Waals surface area contributed by atoms with E-state index >= 15 is 0 Å². The predicted octanol–water partition coefficient (Wildman–Crippen LogP) is 4.79. The van der Waals surface area contributed by atoms with Crippen LogP contribution in [0.1, 0.15) is 44.5 Å². The van der Waals surface area contributed by atoms with E-state index in [-0.39, 0.29) is 16.8 Å². The van der Waals surface area contributed by atoms with Crippen LogP contribution in [0.3, 0.4) is 0 Å². The maximum Gasteiger partial charge on any atom is 0.257 e. The van der Waals surface area contributed by atoms with Crippen LogP contribution in [0.5, 0.6) is 0 Å². The van der Waals surface area contributed by atoms with Gasteiger partial charge in [0.1, 0.15) is 5.00 Å². The van der Waals surface area contributed by atoms with Crippen LogP contribution >= 0.6 is 34.5 Å². The molecule has 3 rings (SSSR count). The molecule has 4 nitrogen and oxygen atoms in total. The van der Waals surface area contributed by atoms with Crippen molar-refractivity contribution in [2.45, 2.75) is 26.2 Å². The van der Waals surface area contributed by atoms with E-state index in [0.717, 1.165) is 24.8 Å². The van der Waals surface area contributed by atoms with Crippen LogP contribution < -0.4 is 10.6 Å². The molecule has 1 aliphatic carbocycles. The summed E-state index contributed by atoms with van der Waals surface area (Å²) in [4.78, 5) is 26.2. The van der Waals surface area contributed by atoms with Crippen molar-refractivity contribution in [3.8, 4) is 0 Å². The third kappa shape index (κ3) is 3.68. The largest absolute Gasteiger partial charge is 0.355 e. The van der Waals surface area contributed by atoms with Crippen molar-refractivity contribution in [2.75, 3.05) is 12.4 Å². The van der Waals surface area contributed by atoms with E-state index < -0.39 is 0 Å². The summed E-state index contributed by atoms with van der Waals surface area (Å²) < 4.78 is 0. The maximum atomic E-state index is 12.6. The minimum Gasteiger partial charge on any atom is -0.355 e. The van der Waals surface area contributed by atoms with Crippen molar-refractivity contribution in [3.05, 3.63) is 49.8 Å². The number of halogens is 2. The van der Waals surface area contributed by atoms with E-state index in [1.165, 1.54) is 22.3 Å². The van der Waals surface area contributed by atoms with Gasteiger partial charge in [-0.15, -0.1) is 11.3 Å². The summed E-state index contributed by atoms with van der Waals surface area (Å²) in [7, 11) is 1.60. The van der Waals surface area contributed by atoms with E-state index in [9.17, 15) is 9.59 Å². The number of amides is 2. The number of carbonyl (C=O) groups excluding carboxylic acids is 2. The van der Waals surface area contributed by atoms with Gasteiger partial charge in [0.15, 0.2) is 0 Å². The summed E-state index contributed by atoms with van der Waals surface area (Å²) in [6, 6.07) is 4.72. The van der Waals surface area contributed by atoms with Crippen molar-refractivity contribution < 1.29 is 9.59 Å². The van der Waals surface area contributed by atoms with Crippen LogP contribution in [-0.4, -0.2) is 18.9 Å². The van der Waals surface area contributed by atoms with Crippen molar-refractivity contribution in [3.63, 3.8) is 0 Å². The summed E-state index contributed by atoms with van der Waals surface area (Å²) in [6.07, 6.45) is 2.83. The number of rotatable bonds is 3. The summed E-state index contributed by atoms with van der Waals surface area (Å²) in [5.74, 6) is 0.0565. The van der Waals surface area contributed by atoms with Gasteiger partial charge in [0.25, 0.3) is 11.8 Å². The molecule has 1 aromatic carbocycles. The lowest BCUT2D eigenvalue weighted by molar-refractivity contribution is 0.0963. The number of fused-ring (bicyclic) bond motifs is 1. The van der Waals surface area contributed by atoms with Crippen LogP contribution in [-0.2, 0) is 12.8 Å². The summed E-state index contributed by atoms with van der Waals surface area (Å²) in [5.41, 5.74) is 1.96. The summed E-state index contributed by atoms with van der Waals surface area (Å²) >= 11 is 13.5. The van der Waals surface area contributed by atoms with Gasteiger partial charge < -0.3 is 10.6 Å². The Morgan fingerprint density at radius 3 is 2.68 bits per heavy atom. The Balaban J connectivity index is 1.96. The first-order valence-corrected chi connectivity index (χ1v) is 9.61. The quantitative estimate of drug-likeness (QED) is 0.782. The van der Waals surface area contributed by atoms with Crippen LogP contribution in [0.2, 0.25) is 10.0 Å². The smallest absolute Gasteiger partial charge is 0.257 e. The molecule has 25 heavy (non-hydrogen) atoms. The lowest BCUT2D eigenvalue weighted by Crippen LogP contribution is -2.22. The van der Waals surface area contributed by atoms with Crippen molar-refractivity contribution in [1.29, 1.82) is 0 Å². The van der Waals surface area contributed by atoms with Crippen LogP contribution in [0.25, 0.3) is 0 Å². The molecule has 1 aliphatic rings. The average Bonchev–Trinajstić information content (AvgIpc) is 2.90. The average molecular weight is 397 g/mol. The molecule has 0 aliphatic heterocycles. The first-order chi connectivity index (χ1) is 11.9. The number of nitrogens with one attached hydrogen (secondary N) is 2. The molecule has 1 aromatic heterocycles. The van der Waals surface area contributed by atoms with Crippen molar-refractivity contribution >= 4 is 51.4 Å². The highest BCUT2D eigenvalue weighted by atomic mass is 35.5. The fourth-order valence-corrected chi connectivity index (χ4v) is 4.95. The Bertz CT molecular complexity index is 848. The number of carbonyl (C=O) groups is 2. The molecule has 1 atom stereocenters. The van der Waals surface area contributed by atoms with Gasteiger partial charge in [-0.25, -0.2) is 0 Å². The van der Waals surface area contributed by atoms with Crippen LogP contribution in [0, 0.1) is 5.92 Å². The SMILES string of the molecule is CNC(=O)c1c(NC(=O)c2ccc(Cl)cc2Cl)sc2c1CCC(C)C2. The van der Waals surface area contributed by atoms with Crippen molar-refractivity contribution in [2.24, 2.45) is 5.92 Å². The Morgan fingerprint density at radius 2 is 2.00 bits per heavy atom. The number of hydrogen-bond acceptors (Lipinski definition) is 3. The van der Waals surface area contributed by atoms with E-state index in [0.29, 0.717) is 27.1 Å². The zero-order chi connectivity index (χ0) is 18.1. The van der Waals surface area contributed by atoms with Gasteiger partial charge >= 0.3 is 0 Å². The van der Waals surface area contributed by atoms with Crippen molar-refractivity contribution in [1.82, 2.24) is 5.32 Å². The molecular formula is C18H18Cl2N2O2S. The zero-order valence-electron chi connectivity index (χ0n) is 13.9. The van der Waals surface area contributed by atoms with E-state index in [1.54, 1.807) is 19.2 Å². The second-order valence-corrected chi connectivity index (χ2v) is 8.16. The molecule has 7 heteroatoms. The monoisotopic (exact) mass is 396 g/mol. The predicted molar refractivity (Wildman–Crippen MR) is 103 cm³/mol. The first-order valence-electron chi connectivity index (χ1n) is 8.03. The van der Waals surface area contributed by atoms with E-state index in [1.807, 2.05) is 0 Å². The fourth-order valence-electron chi connectivity index (χ4n) is 3.05. The van der Waals surface area contributed by atoms with Gasteiger partial charge in [0.05, 0.1) is 16.1 Å². The number of thiophene rings is 1. The standard InChI is InChI=1S/C18H18Cl2N2O2S/c1-9-3-5-12-14(7-9)25-18(15(12)17(24)21-2)22-16(23)11-6-4-10(19)8-13(11)20/h4,6,8-9H,3,5,7H2,1-2H3,(H,21,24)(H,22,23). The molecule has 0 spiro atoms. The van der Waals surface area contributed by atoms with E-state index in [2.05, 4.69) is 17.6 Å². The molecule has 2 N–H and O–H groups in total. The second-order valence-electron chi connectivity index (χ2n) is 6.21. The zero-order valence-corrected chi connectivity index (χ0v) is 16.2. The molecule has 2 aromatic rings. The first kappa shape index (κ1) is 18.2. The Morgan fingerprint density at radius 1 is 1.24 bits per heavy atom. The Hall–Kier alpha value is -1.56. The Labute approximate surface area is 160 Å². The maximum absolute atomic E-state index is 12.6. The highest BCUT2D eigenvalue weighted by Gasteiger charge is 2.28.